The monoisotopic (exact) mass is 368 g/mol. The standard InChI is InChI=1S/C20H21FN4O2/c21-16-7-5-14(6-8-16)12-24-17-4-2-10-23-18(17)19(26)25(20(24)27)13-15-3-1-9-22-11-15/h1,3,5-9,11,17-18,23H,2,4,10,12-13H2. The normalized spacial score (nSPS) is 22.7. The van der Waals surface area contributed by atoms with Crippen molar-refractivity contribution in [2.75, 3.05) is 6.54 Å². The van der Waals surface area contributed by atoms with Gasteiger partial charge in [-0.3, -0.25) is 14.7 Å². The topological polar surface area (TPSA) is 65.5 Å². The molecule has 0 aliphatic carbocycles. The molecule has 2 aromatic rings. The lowest BCUT2D eigenvalue weighted by molar-refractivity contribution is -0.137. The molecule has 1 aromatic heterocycles. The molecule has 2 aliphatic heterocycles. The maximum atomic E-state index is 13.2. The Hall–Kier alpha value is -2.80. The minimum Gasteiger partial charge on any atom is -0.315 e. The highest BCUT2D eigenvalue weighted by Gasteiger charge is 2.46. The molecule has 0 radical (unpaired) electrons. The number of hydrogen-bond donors (Lipinski definition) is 1. The molecule has 3 heterocycles. The zero-order chi connectivity index (χ0) is 18.8. The van der Waals surface area contributed by atoms with Gasteiger partial charge < -0.3 is 10.2 Å². The Bertz CT molecular complexity index is 828. The van der Waals surface area contributed by atoms with Crippen molar-refractivity contribution in [2.45, 2.75) is 38.0 Å². The molecule has 2 aliphatic rings. The van der Waals surface area contributed by atoms with E-state index in [1.54, 1.807) is 35.5 Å². The van der Waals surface area contributed by atoms with Gasteiger partial charge in [0.25, 0.3) is 0 Å². The summed E-state index contributed by atoms with van der Waals surface area (Å²) in [7, 11) is 0. The summed E-state index contributed by atoms with van der Waals surface area (Å²) in [6, 6.07) is 8.86. The first kappa shape index (κ1) is 17.6. The minimum atomic E-state index is -0.409. The van der Waals surface area contributed by atoms with Crippen molar-refractivity contribution in [2.24, 2.45) is 0 Å². The molecule has 2 fully saturated rings. The van der Waals surface area contributed by atoms with Crippen LogP contribution in [-0.4, -0.2) is 45.4 Å². The van der Waals surface area contributed by atoms with E-state index < -0.39 is 6.04 Å². The van der Waals surface area contributed by atoms with Gasteiger partial charge in [0, 0.05) is 18.9 Å². The zero-order valence-corrected chi connectivity index (χ0v) is 14.8. The molecule has 1 aromatic carbocycles. The molecule has 0 spiro atoms. The summed E-state index contributed by atoms with van der Waals surface area (Å²) >= 11 is 0. The van der Waals surface area contributed by atoms with E-state index in [2.05, 4.69) is 10.3 Å². The van der Waals surface area contributed by atoms with Crippen molar-refractivity contribution in [1.29, 1.82) is 0 Å². The summed E-state index contributed by atoms with van der Waals surface area (Å²) < 4.78 is 13.2. The number of hydrogen-bond acceptors (Lipinski definition) is 4. The number of fused-ring (bicyclic) bond motifs is 1. The van der Waals surface area contributed by atoms with Gasteiger partial charge in [-0.25, -0.2) is 9.18 Å². The quantitative estimate of drug-likeness (QED) is 0.899. The van der Waals surface area contributed by atoms with E-state index in [4.69, 9.17) is 0 Å². The van der Waals surface area contributed by atoms with Crippen molar-refractivity contribution in [1.82, 2.24) is 20.1 Å². The van der Waals surface area contributed by atoms with Crippen molar-refractivity contribution >= 4 is 11.9 Å². The number of carbonyl (C=O) groups excluding carboxylic acids is 2. The molecule has 2 atom stereocenters. The predicted molar refractivity (Wildman–Crippen MR) is 96.9 cm³/mol. The van der Waals surface area contributed by atoms with Gasteiger partial charge in [0.15, 0.2) is 0 Å². The molecule has 3 amide bonds. The number of piperidine rings is 1. The number of halogens is 1. The summed E-state index contributed by atoms with van der Waals surface area (Å²) in [5.41, 5.74) is 1.64. The van der Waals surface area contributed by atoms with E-state index in [1.807, 2.05) is 6.07 Å². The Morgan fingerprint density at radius 3 is 2.67 bits per heavy atom. The largest absolute Gasteiger partial charge is 0.327 e. The number of amides is 3. The molecular weight excluding hydrogens is 347 g/mol. The lowest BCUT2D eigenvalue weighted by Crippen LogP contribution is -2.68. The number of nitrogens with zero attached hydrogens (tertiary/aromatic N) is 3. The van der Waals surface area contributed by atoms with Crippen LogP contribution >= 0.6 is 0 Å². The maximum absolute atomic E-state index is 13.2. The number of aromatic nitrogens is 1. The molecule has 4 rings (SSSR count). The number of urea groups is 1. The van der Waals surface area contributed by atoms with Crippen LogP contribution < -0.4 is 5.32 Å². The predicted octanol–water partition coefficient (Wildman–Crippen LogP) is 2.31. The van der Waals surface area contributed by atoms with Crippen LogP contribution in [0, 0.1) is 5.82 Å². The highest BCUT2D eigenvalue weighted by molar-refractivity contribution is 6.00. The molecular formula is C20H21FN4O2. The van der Waals surface area contributed by atoms with Gasteiger partial charge in [-0.15, -0.1) is 0 Å². The number of benzene rings is 1. The van der Waals surface area contributed by atoms with Crippen LogP contribution in [0.2, 0.25) is 0 Å². The van der Waals surface area contributed by atoms with Crippen LogP contribution in [0.3, 0.4) is 0 Å². The smallest absolute Gasteiger partial charge is 0.315 e. The van der Waals surface area contributed by atoms with Gasteiger partial charge in [-0.05, 0) is 48.7 Å². The highest BCUT2D eigenvalue weighted by Crippen LogP contribution is 2.27. The molecule has 27 heavy (non-hydrogen) atoms. The van der Waals surface area contributed by atoms with E-state index in [9.17, 15) is 14.0 Å². The molecule has 2 unspecified atom stereocenters. The number of rotatable bonds is 4. The molecule has 6 nitrogen and oxygen atoms in total. The molecule has 0 saturated carbocycles. The van der Waals surface area contributed by atoms with Crippen molar-refractivity contribution in [3.05, 3.63) is 65.7 Å². The van der Waals surface area contributed by atoms with Gasteiger partial charge in [0.05, 0.1) is 12.6 Å². The summed E-state index contributed by atoms with van der Waals surface area (Å²) in [5.74, 6) is -0.502. The lowest BCUT2D eigenvalue weighted by Gasteiger charge is -2.47. The van der Waals surface area contributed by atoms with E-state index >= 15 is 0 Å². The Morgan fingerprint density at radius 2 is 1.93 bits per heavy atom. The summed E-state index contributed by atoms with van der Waals surface area (Å²) in [6.45, 7) is 1.29. The minimum absolute atomic E-state index is 0.186. The summed E-state index contributed by atoms with van der Waals surface area (Å²) in [6.07, 6.45) is 5.00. The zero-order valence-electron chi connectivity index (χ0n) is 14.8. The first-order valence-electron chi connectivity index (χ1n) is 9.12. The van der Waals surface area contributed by atoms with Crippen LogP contribution in [0.1, 0.15) is 24.0 Å². The SMILES string of the molecule is O=C1C2NCCCC2N(Cc2ccc(F)cc2)C(=O)N1Cc1cccnc1. The third-order valence-electron chi connectivity index (χ3n) is 5.16. The maximum Gasteiger partial charge on any atom is 0.327 e. The van der Waals surface area contributed by atoms with Gasteiger partial charge in [0.2, 0.25) is 5.91 Å². The molecule has 140 valence electrons. The van der Waals surface area contributed by atoms with Crippen molar-refractivity contribution in [3.63, 3.8) is 0 Å². The lowest BCUT2D eigenvalue weighted by atomic mass is 9.93. The second kappa shape index (κ2) is 7.44. The van der Waals surface area contributed by atoms with E-state index in [0.29, 0.717) is 6.54 Å². The molecule has 0 bridgehead atoms. The Balaban J connectivity index is 1.62. The average Bonchev–Trinajstić information content (AvgIpc) is 2.71. The van der Waals surface area contributed by atoms with Gasteiger partial charge in [-0.2, -0.15) is 0 Å². The second-order valence-electron chi connectivity index (χ2n) is 6.96. The number of pyridine rings is 1. The fourth-order valence-corrected chi connectivity index (χ4v) is 3.81. The van der Waals surface area contributed by atoms with Gasteiger partial charge in [-0.1, -0.05) is 18.2 Å². The van der Waals surface area contributed by atoms with Crippen LogP contribution in [-0.2, 0) is 17.9 Å². The summed E-state index contributed by atoms with van der Waals surface area (Å²) in [5, 5.41) is 3.27. The van der Waals surface area contributed by atoms with E-state index in [1.165, 1.54) is 17.0 Å². The van der Waals surface area contributed by atoms with Crippen LogP contribution in [0.5, 0.6) is 0 Å². The third kappa shape index (κ3) is 3.55. The van der Waals surface area contributed by atoms with Gasteiger partial charge in [0.1, 0.15) is 11.9 Å². The molecule has 2 saturated heterocycles. The Labute approximate surface area is 157 Å². The first-order chi connectivity index (χ1) is 13.1. The number of imide groups is 1. The van der Waals surface area contributed by atoms with Crippen LogP contribution in [0.15, 0.2) is 48.8 Å². The number of nitrogens with one attached hydrogen (secondary N) is 1. The van der Waals surface area contributed by atoms with Crippen LogP contribution in [0.4, 0.5) is 9.18 Å². The van der Waals surface area contributed by atoms with Gasteiger partial charge >= 0.3 is 6.03 Å². The van der Waals surface area contributed by atoms with E-state index in [0.717, 1.165) is 30.5 Å². The second-order valence-corrected chi connectivity index (χ2v) is 6.96. The Kier molecular flexibility index (Phi) is 4.85. The fourth-order valence-electron chi connectivity index (χ4n) is 3.81. The molecule has 7 heteroatoms. The fraction of sp³-hybridized carbons (Fsp3) is 0.350. The van der Waals surface area contributed by atoms with Crippen LogP contribution in [0.25, 0.3) is 0 Å². The molecule has 1 N–H and O–H groups in total. The average molecular weight is 368 g/mol. The summed E-state index contributed by atoms with van der Waals surface area (Å²) in [4.78, 5) is 33.2. The van der Waals surface area contributed by atoms with Crippen molar-refractivity contribution in [3.8, 4) is 0 Å². The third-order valence-corrected chi connectivity index (χ3v) is 5.16. The number of carbonyl (C=O) groups is 2. The highest BCUT2D eigenvalue weighted by atomic mass is 19.1. The van der Waals surface area contributed by atoms with Crippen molar-refractivity contribution < 1.29 is 14.0 Å². The van der Waals surface area contributed by atoms with E-state index in [-0.39, 0.29) is 30.3 Å². The Morgan fingerprint density at radius 1 is 1.11 bits per heavy atom. The first-order valence-corrected chi connectivity index (χ1v) is 9.12.